The summed E-state index contributed by atoms with van der Waals surface area (Å²) >= 11 is 0. The van der Waals surface area contributed by atoms with E-state index in [-0.39, 0.29) is 11.4 Å². The van der Waals surface area contributed by atoms with Gasteiger partial charge in [0.15, 0.2) is 0 Å². The number of hydrogen-bond donors (Lipinski definition) is 2. The zero-order valence-electron chi connectivity index (χ0n) is 21.5. The van der Waals surface area contributed by atoms with Crippen molar-refractivity contribution in [3.05, 3.63) is 99.3 Å². The first-order valence-corrected chi connectivity index (χ1v) is 13.5. The van der Waals surface area contributed by atoms with E-state index in [1.54, 1.807) is 12.1 Å². The molecule has 1 saturated carbocycles. The molecule has 0 radical (unpaired) electrons. The molecular formula is C31H29FN4O3. The second-order valence-electron chi connectivity index (χ2n) is 10.4. The van der Waals surface area contributed by atoms with Crippen LogP contribution in [-0.2, 0) is 17.7 Å². The highest BCUT2D eigenvalue weighted by molar-refractivity contribution is 5.74. The van der Waals surface area contributed by atoms with Crippen LogP contribution in [0.2, 0.25) is 0 Å². The first kappa shape index (κ1) is 23.9. The summed E-state index contributed by atoms with van der Waals surface area (Å²) in [6, 6.07) is 16.8. The second-order valence-corrected chi connectivity index (χ2v) is 10.4. The summed E-state index contributed by atoms with van der Waals surface area (Å²) in [7, 11) is 0. The number of nitrogens with zero attached hydrogens (tertiary/aromatic N) is 2. The van der Waals surface area contributed by atoms with Crippen molar-refractivity contribution >= 4 is 11.4 Å². The van der Waals surface area contributed by atoms with Crippen LogP contribution in [0, 0.1) is 5.82 Å². The average Bonchev–Trinajstić information content (AvgIpc) is 3.82. The van der Waals surface area contributed by atoms with E-state index in [0.29, 0.717) is 73.5 Å². The van der Waals surface area contributed by atoms with Crippen molar-refractivity contribution in [2.75, 3.05) is 36.5 Å². The van der Waals surface area contributed by atoms with Gasteiger partial charge in [-0.3, -0.25) is 9.78 Å². The van der Waals surface area contributed by atoms with Crippen LogP contribution in [0.15, 0.2) is 65.6 Å². The summed E-state index contributed by atoms with van der Waals surface area (Å²) in [6.07, 6.45) is 4.79. The van der Waals surface area contributed by atoms with Gasteiger partial charge in [-0.1, -0.05) is 0 Å². The Hall–Kier alpha value is -4.17. The molecule has 39 heavy (non-hydrogen) atoms. The molecule has 8 heteroatoms. The molecule has 7 nitrogen and oxygen atoms in total. The van der Waals surface area contributed by atoms with E-state index in [0.717, 1.165) is 22.6 Å². The lowest BCUT2D eigenvalue weighted by Crippen LogP contribution is -2.36. The van der Waals surface area contributed by atoms with Crippen LogP contribution in [0.5, 0.6) is 11.5 Å². The predicted molar refractivity (Wildman–Crippen MR) is 148 cm³/mol. The van der Waals surface area contributed by atoms with E-state index in [9.17, 15) is 4.79 Å². The monoisotopic (exact) mass is 524 g/mol. The van der Waals surface area contributed by atoms with E-state index in [1.165, 1.54) is 24.5 Å². The molecule has 1 aliphatic carbocycles. The Balaban J connectivity index is 1.15. The highest BCUT2D eigenvalue weighted by atomic mass is 19.1. The third-order valence-electron chi connectivity index (χ3n) is 7.70. The molecule has 0 spiro atoms. The molecule has 1 saturated heterocycles. The largest absolute Gasteiger partial charge is 0.456 e. The lowest BCUT2D eigenvalue weighted by molar-refractivity contribution is 0.122. The number of aromatic nitrogens is 2. The summed E-state index contributed by atoms with van der Waals surface area (Å²) in [5.41, 5.74) is 6.54. The standard InChI is InChI=1S/C31H29FN4O3/c32-27-5-4-25(28-16-24(17-30(37)35-28)36-9-11-38-12-10-36)31-26(27)15-21-14-22(3-6-29(21)39-31)34-18-23-13-20(7-8-33-23)19-1-2-19/h3-8,13-14,16-17,19,34H,1-2,9-12,15,18H2,(H,35,37). The Morgan fingerprint density at radius 2 is 1.92 bits per heavy atom. The summed E-state index contributed by atoms with van der Waals surface area (Å²) < 4.78 is 26.8. The molecular weight excluding hydrogens is 495 g/mol. The normalized spacial score (nSPS) is 16.3. The first-order chi connectivity index (χ1) is 19.1. The molecule has 2 aromatic carbocycles. The molecule has 0 amide bonds. The third-order valence-corrected chi connectivity index (χ3v) is 7.70. The highest BCUT2D eigenvalue weighted by Crippen LogP contribution is 2.44. The van der Waals surface area contributed by atoms with E-state index in [1.807, 2.05) is 30.5 Å². The van der Waals surface area contributed by atoms with Crippen LogP contribution in [0.1, 0.15) is 41.1 Å². The predicted octanol–water partition coefficient (Wildman–Crippen LogP) is 5.60. The minimum Gasteiger partial charge on any atom is -0.456 e. The highest BCUT2D eigenvalue weighted by Gasteiger charge is 2.26. The van der Waals surface area contributed by atoms with Gasteiger partial charge in [0.25, 0.3) is 0 Å². The van der Waals surface area contributed by atoms with Crippen LogP contribution in [-0.4, -0.2) is 36.3 Å². The van der Waals surface area contributed by atoms with Crippen LogP contribution in [0.3, 0.4) is 0 Å². The molecule has 0 bridgehead atoms. The maximum atomic E-state index is 15.1. The molecule has 4 heterocycles. The number of hydrogen-bond acceptors (Lipinski definition) is 6. The van der Waals surface area contributed by atoms with Crippen LogP contribution < -0.4 is 20.5 Å². The van der Waals surface area contributed by atoms with Gasteiger partial charge in [0.1, 0.15) is 17.3 Å². The van der Waals surface area contributed by atoms with E-state index in [2.05, 4.69) is 32.3 Å². The number of H-pyrrole nitrogens is 1. The number of rotatable bonds is 6. The number of pyridine rings is 2. The first-order valence-electron chi connectivity index (χ1n) is 13.5. The van der Waals surface area contributed by atoms with Crippen LogP contribution in [0.25, 0.3) is 11.3 Å². The van der Waals surface area contributed by atoms with Gasteiger partial charge in [-0.15, -0.1) is 0 Å². The fourth-order valence-corrected chi connectivity index (χ4v) is 5.46. The van der Waals surface area contributed by atoms with Gasteiger partial charge in [0, 0.05) is 59.8 Å². The number of ether oxygens (including phenoxy) is 2. The summed E-state index contributed by atoms with van der Waals surface area (Å²) in [5.74, 6) is 1.48. The number of benzene rings is 2. The minimum atomic E-state index is -0.328. The van der Waals surface area contributed by atoms with Gasteiger partial charge in [0.05, 0.1) is 31.1 Å². The Labute approximate surface area is 225 Å². The van der Waals surface area contributed by atoms with Gasteiger partial charge in [-0.05, 0) is 72.9 Å². The molecule has 7 rings (SSSR count). The molecule has 0 unspecified atom stereocenters. The number of halogens is 1. The molecule has 4 aromatic rings. The van der Waals surface area contributed by atoms with E-state index < -0.39 is 0 Å². The van der Waals surface area contributed by atoms with Gasteiger partial charge in [-0.2, -0.15) is 0 Å². The van der Waals surface area contributed by atoms with Crippen molar-refractivity contribution in [3.8, 4) is 22.8 Å². The van der Waals surface area contributed by atoms with Crippen molar-refractivity contribution in [1.82, 2.24) is 9.97 Å². The molecule has 3 aliphatic rings. The van der Waals surface area contributed by atoms with Crippen molar-refractivity contribution in [2.45, 2.75) is 31.7 Å². The zero-order valence-corrected chi connectivity index (χ0v) is 21.5. The quantitative estimate of drug-likeness (QED) is 0.301. The Bertz CT molecular complexity index is 1610. The Morgan fingerprint density at radius 1 is 1.05 bits per heavy atom. The molecule has 198 valence electrons. The number of anilines is 2. The lowest BCUT2D eigenvalue weighted by Gasteiger charge is -2.29. The maximum absolute atomic E-state index is 15.1. The fourth-order valence-electron chi connectivity index (χ4n) is 5.46. The second kappa shape index (κ2) is 9.85. The van der Waals surface area contributed by atoms with Crippen LogP contribution >= 0.6 is 0 Å². The smallest absolute Gasteiger partial charge is 0.250 e. The Morgan fingerprint density at radius 3 is 2.77 bits per heavy atom. The average molecular weight is 525 g/mol. The van der Waals surface area contributed by atoms with Gasteiger partial charge in [-0.25, -0.2) is 4.39 Å². The summed E-state index contributed by atoms with van der Waals surface area (Å²) in [5, 5.41) is 3.45. The van der Waals surface area contributed by atoms with Crippen molar-refractivity contribution < 1.29 is 13.9 Å². The zero-order chi connectivity index (χ0) is 26.3. The maximum Gasteiger partial charge on any atom is 0.250 e. The summed E-state index contributed by atoms with van der Waals surface area (Å²) in [4.78, 5) is 22.1. The summed E-state index contributed by atoms with van der Waals surface area (Å²) in [6.45, 7) is 3.28. The van der Waals surface area contributed by atoms with Crippen molar-refractivity contribution in [2.24, 2.45) is 0 Å². The Kier molecular flexibility index (Phi) is 6.04. The molecule has 2 aromatic heterocycles. The van der Waals surface area contributed by atoms with E-state index >= 15 is 4.39 Å². The SMILES string of the molecule is O=c1cc(N2CCOCC2)cc(-c2ccc(F)c3c2Oc2ccc(NCc4cc(C5CC5)ccn4)cc2C3)[nH]1. The molecule has 2 aliphatic heterocycles. The third kappa shape index (κ3) is 4.88. The molecule has 2 N–H and O–H groups in total. The fraction of sp³-hybridized carbons (Fsp3) is 0.290. The molecule has 2 fully saturated rings. The topological polar surface area (TPSA) is 79.5 Å². The number of aromatic amines is 1. The lowest BCUT2D eigenvalue weighted by atomic mass is 9.95. The van der Waals surface area contributed by atoms with Crippen molar-refractivity contribution in [1.29, 1.82) is 0 Å². The van der Waals surface area contributed by atoms with Gasteiger partial charge >= 0.3 is 0 Å². The van der Waals surface area contributed by atoms with Crippen molar-refractivity contribution in [3.63, 3.8) is 0 Å². The van der Waals surface area contributed by atoms with Gasteiger partial charge < -0.3 is 24.7 Å². The minimum absolute atomic E-state index is 0.212. The number of morpholine rings is 1. The van der Waals surface area contributed by atoms with Crippen LogP contribution in [0.4, 0.5) is 15.8 Å². The number of nitrogens with one attached hydrogen (secondary N) is 2. The van der Waals surface area contributed by atoms with Gasteiger partial charge in [0.2, 0.25) is 5.56 Å². The molecule has 0 atom stereocenters. The van der Waals surface area contributed by atoms with E-state index in [4.69, 9.17) is 9.47 Å². The number of fused-ring (bicyclic) bond motifs is 2.